The maximum Gasteiger partial charge on any atom is 0.0337 e. The van der Waals surface area contributed by atoms with Gasteiger partial charge in [-0.25, -0.2) is 0 Å². The predicted octanol–water partition coefficient (Wildman–Crippen LogP) is 2.93. The maximum absolute atomic E-state index is 5.62. The Morgan fingerprint density at radius 3 is 2.42 bits per heavy atom. The van der Waals surface area contributed by atoms with Crippen molar-refractivity contribution in [3.8, 4) is 0 Å². The molecule has 0 aliphatic rings. The quantitative estimate of drug-likeness (QED) is 0.633. The van der Waals surface area contributed by atoms with E-state index in [0.717, 1.165) is 23.3 Å². The zero-order valence-corrected chi connectivity index (χ0v) is 7.93. The van der Waals surface area contributed by atoms with Crippen LogP contribution >= 0.6 is 0 Å². The molecule has 0 unspecified atom stereocenters. The Morgan fingerprint density at radius 1 is 1.42 bits per heavy atom. The third-order valence-electron chi connectivity index (χ3n) is 1.55. The third kappa shape index (κ3) is 4.56. The SMILES string of the molecule is C=C(/C=C\C=C(/N)C(=C)C)CC. The van der Waals surface area contributed by atoms with E-state index in [0.29, 0.717) is 0 Å². The summed E-state index contributed by atoms with van der Waals surface area (Å²) in [6.45, 7) is 11.5. The lowest BCUT2D eigenvalue weighted by molar-refractivity contribution is 1.16. The Balaban J connectivity index is 4.12. The molecule has 66 valence electrons. The second-order valence-corrected chi connectivity index (χ2v) is 2.77. The summed E-state index contributed by atoms with van der Waals surface area (Å²) < 4.78 is 0. The monoisotopic (exact) mass is 163 g/mol. The van der Waals surface area contributed by atoms with Crippen molar-refractivity contribution >= 4 is 0 Å². The summed E-state index contributed by atoms with van der Waals surface area (Å²) in [5.74, 6) is 0. The Hall–Kier alpha value is -1.24. The van der Waals surface area contributed by atoms with Gasteiger partial charge in [0.25, 0.3) is 0 Å². The van der Waals surface area contributed by atoms with Crippen LogP contribution in [0.1, 0.15) is 20.3 Å². The molecule has 0 aromatic rings. The van der Waals surface area contributed by atoms with Crippen LogP contribution in [0.25, 0.3) is 0 Å². The average molecular weight is 163 g/mol. The Bertz CT molecular complexity index is 231. The maximum atomic E-state index is 5.62. The summed E-state index contributed by atoms with van der Waals surface area (Å²) >= 11 is 0. The molecule has 0 bridgehead atoms. The highest BCUT2D eigenvalue weighted by molar-refractivity contribution is 5.29. The lowest BCUT2D eigenvalue weighted by Gasteiger charge is -1.95. The highest BCUT2D eigenvalue weighted by atomic mass is 14.6. The van der Waals surface area contributed by atoms with Crippen molar-refractivity contribution in [1.82, 2.24) is 0 Å². The smallest absolute Gasteiger partial charge is 0.0337 e. The van der Waals surface area contributed by atoms with E-state index in [-0.39, 0.29) is 0 Å². The summed E-state index contributed by atoms with van der Waals surface area (Å²) in [5.41, 5.74) is 8.33. The summed E-state index contributed by atoms with van der Waals surface area (Å²) in [6, 6.07) is 0. The summed E-state index contributed by atoms with van der Waals surface area (Å²) in [7, 11) is 0. The normalized spacial score (nSPS) is 12.0. The highest BCUT2D eigenvalue weighted by Gasteiger charge is 1.85. The first-order valence-corrected chi connectivity index (χ1v) is 4.05. The molecule has 1 heteroatoms. The van der Waals surface area contributed by atoms with E-state index >= 15 is 0 Å². The van der Waals surface area contributed by atoms with E-state index in [1.807, 2.05) is 25.2 Å². The minimum atomic E-state index is 0.718. The Morgan fingerprint density at radius 2 is 2.00 bits per heavy atom. The third-order valence-corrected chi connectivity index (χ3v) is 1.55. The van der Waals surface area contributed by atoms with Gasteiger partial charge in [-0.05, 0) is 25.0 Å². The molecule has 0 radical (unpaired) electrons. The second-order valence-electron chi connectivity index (χ2n) is 2.77. The van der Waals surface area contributed by atoms with Crippen LogP contribution < -0.4 is 5.73 Å². The lowest BCUT2D eigenvalue weighted by atomic mass is 10.2. The van der Waals surface area contributed by atoms with Gasteiger partial charge >= 0.3 is 0 Å². The largest absolute Gasteiger partial charge is 0.399 e. The van der Waals surface area contributed by atoms with Crippen molar-refractivity contribution in [2.75, 3.05) is 0 Å². The molecule has 0 atom stereocenters. The van der Waals surface area contributed by atoms with E-state index < -0.39 is 0 Å². The zero-order chi connectivity index (χ0) is 9.56. The van der Waals surface area contributed by atoms with Gasteiger partial charge in [0.05, 0.1) is 0 Å². The molecule has 1 nitrogen and oxygen atoms in total. The van der Waals surface area contributed by atoms with Gasteiger partial charge in [0.2, 0.25) is 0 Å². The molecule has 0 saturated carbocycles. The lowest BCUT2D eigenvalue weighted by Crippen LogP contribution is -1.95. The first-order valence-electron chi connectivity index (χ1n) is 4.05. The number of rotatable bonds is 4. The van der Waals surface area contributed by atoms with Crippen LogP contribution in [-0.4, -0.2) is 0 Å². The molecule has 0 aromatic heterocycles. The fourth-order valence-corrected chi connectivity index (χ4v) is 0.548. The molecular formula is C11H17N. The first-order chi connectivity index (χ1) is 5.57. The molecule has 0 heterocycles. The fourth-order valence-electron chi connectivity index (χ4n) is 0.548. The van der Waals surface area contributed by atoms with E-state index in [9.17, 15) is 0 Å². The van der Waals surface area contributed by atoms with E-state index in [1.54, 1.807) is 0 Å². The van der Waals surface area contributed by atoms with Crippen molar-refractivity contribution < 1.29 is 0 Å². The van der Waals surface area contributed by atoms with Gasteiger partial charge in [-0.2, -0.15) is 0 Å². The van der Waals surface area contributed by atoms with E-state index in [4.69, 9.17) is 5.73 Å². The summed E-state index contributed by atoms with van der Waals surface area (Å²) in [4.78, 5) is 0. The minimum Gasteiger partial charge on any atom is -0.399 e. The molecule has 0 aliphatic carbocycles. The van der Waals surface area contributed by atoms with Crippen LogP contribution in [0.3, 0.4) is 0 Å². The van der Waals surface area contributed by atoms with Crippen LogP contribution in [0, 0.1) is 0 Å². The number of hydrogen-bond donors (Lipinski definition) is 1. The Kier molecular flexibility index (Phi) is 4.86. The fraction of sp³-hybridized carbons (Fsp3) is 0.273. The van der Waals surface area contributed by atoms with Crippen molar-refractivity contribution in [2.24, 2.45) is 5.73 Å². The standard InChI is InChI=1S/C11H17N/c1-5-10(4)7-6-8-11(12)9(2)3/h6-8H,2,4-5,12H2,1,3H3/b7-6-,11-8-. The molecular weight excluding hydrogens is 146 g/mol. The van der Waals surface area contributed by atoms with Crippen molar-refractivity contribution in [1.29, 1.82) is 0 Å². The Labute approximate surface area is 75.0 Å². The van der Waals surface area contributed by atoms with Crippen LogP contribution in [-0.2, 0) is 0 Å². The molecule has 0 spiro atoms. The highest BCUT2D eigenvalue weighted by Crippen LogP contribution is 2.01. The topological polar surface area (TPSA) is 26.0 Å². The molecule has 0 fully saturated rings. The van der Waals surface area contributed by atoms with Gasteiger partial charge in [-0.1, -0.05) is 37.8 Å². The molecule has 0 saturated heterocycles. The molecule has 0 aliphatic heterocycles. The zero-order valence-electron chi connectivity index (χ0n) is 7.93. The molecule has 2 N–H and O–H groups in total. The van der Waals surface area contributed by atoms with E-state index in [2.05, 4.69) is 20.1 Å². The minimum absolute atomic E-state index is 0.718. The van der Waals surface area contributed by atoms with Gasteiger partial charge in [0, 0.05) is 5.70 Å². The van der Waals surface area contributed by atoms with Crippen molar-refractivity contribution in [3.63, 3.8) is 0 Å². The summed E-state index contributed by atoms with van der Waals surface area (Å²) in [6.07, 6.45) is 6.66. The first kappa shape index (κ1) is 10.8. The van der Waals surface area contributed by atoms with Crippen LogP contribution in [0.2, 0.25) is 0 Å². The molecule has 12 heavy (non-hydrogen) atoms. The number of hydrogen-bond acceptors (Lipinski definition) is 1. The van der Waals surface area contributed by atoms with E-state index in [1.165, 1.54) is 0 Å². The summed E-state index contributed by atoms with van der Waals surface area (Å²) in [5, 5.41) is 0. The van der Waals surface area contributed by atoms with Crippen molar-refractivity contribution in [2.45, 2.75) is 20.3 Å². The van der Waals surface area contributed by atoms with Crippen LogP contribution in [0.15, 0.2) is 48.2 Å². The van der Waals surface area contributed by atoms with Crippen molar-refractivity contribution in [3.05, 3.63) is 48.2 Å². The second kappa shape index (κ2) is 5.42. The predicted molar refractivity (Wildman–Crippen MR) is 55.7 cm³/mol. The van der Waals surface area contributed by atoms with Crippen LogP contribution in [0.4, 0.5) is 0 Å². The number of allylic oxidation sites excluding steroid dienone is 5. The van der Waals surface area contributed by atoms with Gasteiger partial charge in [0.1, 0.15) is 0 Å². The van der Waals surface area contributed by atoms with Gasteiger partial charge < -0.3 is 5.73 Å². The van der Waals surface area contributed by atoms with Gasteiger partial charge in [-0.3, -0.25) is 0 Å². The molecule has 0 amide bonds. The van der Waals surface area contributed by atoms with Crippen LogP contribution in [0.5, 0.6) is 0 Å². The molecule has 0 rings (SSSR count). The molecule has 0 aromatic carbocycles. The van der Waals surface area contributed by atoms with Gasteiger partial charge in [0.15, 0.2) is 0 Å². The average Bonchev–Trinajstić information content (AvgIpc) is 2.03. The number of nitrogens with two attached hydrogens (primary N) is 1. The van der Waals surface area contributed by atoms with Gasteiger partial charge in [-0.15, -0.1) is 0 Å².